The van der Waals surface area contributed by atoms with Crippen LogP contribution in [-0.4, -0.2) is 15.1 Å². The van der Waals surface area contributed by atoms with Crippen molar-refractivity contribution in [1.29, 1.82) is 0 Å². The van der Waals surface area contributed by atoms with Crippen LogP contribution in [0.3, 0.4) is 0 Å². The Morgan fingerprint density at radius 2 is 1.36 bits per heavy atom. The van der Waals surface area contributed by atoms with Crippen molar-refractivity contribution >= 4 is 88.6 Å². The number of nitro groups is 1. The molecule has 0 aromatic heterocycles. The van der Waals surface area contributed by atoms with E-state index >= 15 is 0 Å². The van der Waals surface area contributed by atoms with Gasteiger partial charge in [0.25, 0.3) is 5.69 Å². The van der Waals surface area contributed by atoms with Gasteiger partial charge in [0.05, 0.1) is 23.7 Å². The summed E-state index contributed by atoms with van der Waals surface area (Å²) in [7, 11) is 0.628. The van der Waals surface area contributed by atoms with Crippen molar-refractivity contribution in [3.8, 4) is 0 Å². The maximum absolute atomic E-state index is 10.3. The molecule has 0 saturated carbocycles. The van der Waals surface area contributed by atoms with Gasteiger partial charge in [0, 0.05) is 54.5 Å². The number of hydrogen-bond donors (Lipinski definition) is 3. The molecule has 0 spiro atoms. The molecule has 0 aliphatic carbocycles. The van der Waals surface area contributed by atoms with Gasteiger partial charge in [0.15, 0.2) is 0 Å². The summed E-state index contributed by atoms with van der Waals surface area (Å²) in [4.78, 5) is 9.77. The Bertz CT molecular complexity index is 609. The third-order valence-corrected chi connectivity index (χ3v) is 2.58. The molecule has 0 saturated heterocycles. The Balaban J connectivity index is 0. The number of anilines is 1. The van der Waals surface area contributed by atoms with Gasteiger partial charge in [-0.2, -0.15) is 0 Å². The van der Waals surface area contributed by atoms with Gasteiger partial charge >= 0.3 is 49.4 Å². The average molecular weight is 835 g/mol. The Hall–Kier alpha value is 1.06. The number of nitrogen functional groups attached to an aromatic ring is 1. The second-order valence-electron chi connectivity index (χ2n) is 3.96. The third-order valence-electron chi connectivity index (χ3n) is 2.58. The minimum atomic E-state index is -0.508. The number of nitrogens with zero attached hydrogens (tertiary/aromatic N) is 1. The predicted molar refractivity (Wildman–Crippen MR) is 132 cm³/mol. The van der Waals surface area contributed by atoms with E-state index < -0.39 is 4.92 Å². The van der Waals surface area contributed by atoms with Crippen LogP contribution in [0, 0.1) is 10.1 Å². The van der Waals surface area contributed by atoms with E-state index in [1.165, 1.54) is 12.1 Å². The molecular weight excluding hydrogens is 819 g/mol. The maximum atomic E-state index is 10.3. The fourth-order valence-electron chi connectivity index (χ4n) is 1.50. The zero-order valence-corrected chi connectivity index (χ0v) is 22.8. The van der Waals surface area contributed by atoms with Crippen molar-refractivity contribution in [1.82, 2.24) is 0 Å². The molecular formula is C14H16I4N2O4V. The van der Waals surface area contributed by atoms with Crippen LogP contribution in [-0.2, 0) is 22.7 Å². The topological polar surface area (TPSA) is 110 Å². The van der Waals surface area contributed by atoms with E-state index in [-0.39, 0.29) is 18.9 Å². The zero-order valence-electron chi connectivity index (χ0n) is 12.7. The van der Waals surface area contributed by atoms with Gasteiger partial charge < -0.3 is 15.9 Å². The molecule has 0 bridgehead atoms. The summed E-state index contributed by atoms with van der Waals surface area (Å²) in [5.74, 6) is 0. The number of benzene rings is 2. The molecule has 11 heteroatoms. The Labute approximate surface area is 199 Å². The summed E-state index contributed by atoms with van der Waals surface area (Å²) in [6.07, 6.45) is 0. The number of nitrogens with two attached hydrogens (primary N) is 1. The number of nitro benzene ring substituents is 1. The Kier molecular flexibility index (Phi) is 22.4. The summed E-state index contributed by atoms with van der Waals surface area (Å²) in [6.45, 7) is -0.274. The van der Waals surface area contributed by atoms with Crippen LogP contribution in [0.1, 0.15) is 11.1 Å². The third kappa shape index (κ3) is 13.8. The van der Waals surface area contributed by atoms with Crippen molar-refractivity contribution in [3.05, 3.63) is 69.8 Å². The fourth-order valence-corrected chi connectivity index (χ4v) is 1.50. The van der Waals surface area contributed by atoms with Crippen LogP contribution >= 0.6 is 77.2 Å². The van der Waals surface area contributed by atoms with Gasteiger partial charge in [-0.05, 0) is 12.1 Å². The molecule has 2 aromatic rings. The van der Waals surface area contributed by atoms with E-state index in [4.69, 9.17) is 15.9 Å². The van der Waals surface area contributed by atoms with Crippen LogP contribution in [0.15, 0.2) is 48.5 Å². The van der Waals surface area contributed by atoms with Crippen LogP contribution in [0.25, 0.3) is 0 Å². The number of halogens is 4. The summed E-state index contributed by atoms with van der Waals surface area (Å²) in [5, 5.41) is 27.6. The van der Waals surface area contributed by atoms with Gasteiger partial charge in [-0.15, -0.1) is 0 Å². The van der Waals surface area contributed by atoms with Crippen molar-refractivity contribution in [2.45, 2.75) is 13.2 Å². The Morgan fingerprint density at radius 1 is 0.960 bits per heavy atom. The van der Waals surface area contributed by atoms with Crippen molar-refractivity contribution < 1.29 is 24.6 Å². The SMILES string of the molecule is II.Nc1ccccc1CO.O=[N+]([O-])c1ccccc1CO.[I][V][I]. The van der Waals surface area contributed by atoms with Crippen LogP contribution < -0.4 is 5.73 Å². The normalized spacial score (nSPS) is 8.40. The van der Waals surface area contributed by atoms with E-state index in [1.54, 1.807) is 24.3 Å². The number of aliphatic hydroxyl groups excluding tert-OH is 2. The number of para-hydroxylation sites is 2. The second kappa shape index (κ2) is 19.8. The Morgan fingerprint density at radius 3 is 1.68 bits per heavy atom. The first kappa shape index (κ1) is 28.3. The fraction of sp³-hybridized carbons (Fsp3) is 0.143. The predicted octanol–water partition coefficient (Wildman–Crippen LogP) is 5.39. The molecule has 2 aromatic carbocycles. The molecule has 0 aliphatic rings. The summed E-state index contributed by atoms with van der Waals surface area (Å²) in [6, 6.07) is 13.4. The van der Waals surface area contributed by atoms with E-state index in [0.29, 0.717) is 20.7 Å². The van der Waals surface area contributed by atoms with Crippen LogP contribution in [0.5, 0.6) is 0 Å². The summed E-state index contributed by atoms with van der Waals surface area (Å²) >= 11 is 8.98. The van der Waals surface area contributed by atoms with Gasteiger partial charge in [-0.3, -0.25) is 10.1 Å². The van der Waals surface area contributed by atoms with E-state index in [9.17, 15) is 10.1 Å². The number of rotatable bonds is 3. The molecule has 4 N–H and O–H groups in total. The molecule has 0 aliphatic heterocycles. The average Bonchev–Trinajstić information content (AvgIpc) is 2.65. The first-order valence-electron chi connectivity index (χ1n) is 6.35. The molecule has 2 rings (SSSR count). The van der Waals surface area contributed by atoms with E-state index in [2.05, 4.69) is 77.2 Å². The van der Waals surface area contributed by atoms with Crippen LogP contribution in [0.2, 0.25) is 0 Å². The molecule has 6 nitrogen and oxygen atoms in total. The monoisotopic (exact) mass is 835 g/mol. The van der Waals surface area contributed by atoms with Crippen molar-refractivity contribution in [3.63, 3.8) is 0 Å². The molecule has 0 fully saturated rings. The molecule has 0 atom stereocenters. The quantitative estimate of drug-likeness (QED) is 0.167. The molecule has 139 valence electrons. The molecule has 0 radical (unpaired) electrons. The number of hydrogen-bond acceptors (Lipinski definition) is 5. The summed E-state index contributed by atoms with van der Waals surface area (Å²) < 4.78 is 0. The van der Waals surface area contributed by atoms with E-state index in [0.717, 1.165) is 5.56 Å². The summed E-state index contributed by atoms with van der Waals surface area (Å²) in [5.41, 5.74) is 7.23. The van der Waals surface area contributed by atoms with E-state index in [1.807, 2.05) is 12.1 Å². The standard InChI is InChI=1S/C7H7NO3.C7H9NO.I2.2HI.V/c9-5-6-3-1-2-4-7(6)8(10)11;8-7-4-2-1-3-6(7)5-9;1-2;;;/h1-4,9H,5H2;1-4,9H,5,8H2;;2*1H;/q;;;;;+2/p-2. The van der Waals surface area contributed by atoms with Gasteiger partial charge in [0.1, 0.15) is 0 Å². The van der Waals surface area contributed by atoms with Crippen molar-refractivity contribution in [2.75, 3.05) is 5.73 Å². The minimum absolute atomic E-state index is 0.0205. The van der Waals surface area contributed by atoms with Gasteiger partial charge in [0.2, 0.25) is 0 Å². The second-order valence-corrected chi connectivity index (χ2v) is 15.8. The van der Waals surface area contributed by atoms with Crippen LogP contribution in [0.4, 0.5) is 11.4 Å². The first-order chi connectivity index (χ1) is 12.0. The first-order valence-corrected chi connectivity index (χ1v) is 21.7. The van der Waals surface area contributed by atoms with Gasteiger partial charge in [-0.25, -0.2) is 0 Å². The van der Waals surface area contributed by atoms with Crippen molar-refractivity contribution in [2.24, 2.45) is 0 Å². The molecule has 0 amide bonds. The molecule has 25 heavy (non-hydrogen) atoms. The van der Waals surface area contributed by atoms with Gasteiger partial charge in [-0.1, -0.05) is 30.3 Å². The molecule has 0 heterocycles. The number of aliphatic hydroxyl groups is 2. The molecule has 0 unspecified atom stereocenters. The zero-order chi connectivity index (χ0) is 19.7.